The first-order chi connectivity index (χ1) is 9.02. The topological polar surface area (TPSA) is 36.9 Å². The Kier molecular flexibility index (Phi) is 6.93. The van der Waals surface area contributed by atoms with E-state index in [1.54, 1.807) is 0 Å². The van der Waals surface area contributed by atoms with Crippen molar-refractivity contribution in [3.63, 3.8) is 0 Å². The fraction of sp³-hybridized carbons (Fsp3) is 0.647. The SMILES string of the molecule is CC(C)CC[C@H](CC[NH3+])c1ccc(OC(C)C)cc1. The first-order valence-electron chi connectivity index (χ1n) is 7.58. The highest BCUT2D eigenvalue weighted by molar-refractivity contribution is 5.29. The highest BCUT2D eigenvalue weighted by Crippen LogP contribution is 2.27. The molecule has 0 radical (unpaired) electrons. The van der Waals surface area contributed by atoms with Crippen LogP contribution in [0.2, 0.25) is 0 Å². The second-order valence-corrected chi connectivity index (χ2v) is 6.05. The van der Waals surface area contributed by atoms with Crippen molar-refractivity contribution in [2.24, 2.45) is 5.92 Å². The van der Waals surface area contributed by atoms with Crippen LogP contribution < -0.4 is 10.5 Å². The lowest BCUT2D eigenvalue weighted by Gasteiger charge is -2.18. The lowest BCUT2D eigenvalue weighted by Crippen LogP contribution is -2.50. The molecule has 0 heterocycles. The largest absolute Gasteiger partial charge is 0.491 e. The van der Waals surface area contributed by atoms with Gasteiger partial charge < -0.3 is 10.5 Å². The molecule has 0 spiro atoms. The van der Waals surface area contributed by atoms with Gasteiger partial charge in [-0.05, 0) is 49.8 Å². The van der Waals surface area contributed by atoms with E-state index in [0.29, 0.717) is 5.92 Å². The number of hydrogen-bond donors (Lipinski definition) is 1. The quantitative estimate of drug-likeness (QED) is 0.765. The van der Waals surface area contributed by atoms with Crippen molar-refractivity contribution in [3.05, 3.63) is 29.8 Å². The van der Waals surface area contributed by atoms with Crippen LogP contribution in [-0.2, 0) is 0 Å². The second kappa shape index (κ2) is 8.21. The van der Waals surface area contributed by atoms with E-state index in [1.807, 2.05) is 0 Å². The third-order valence-electron chi connectivity index (χ3n) is 3.37. The molecule has 19 heavy (non-hydrogen) atoms. The first-order valence-corrected chi connectivity index (χ1v) is 7.58. The molecule has 1 aromatic carbocycles. The summed E-state index contributed by atoms with van der Waals surface area (Å²) in [6.07, 6.45) is 3.96. The van der Waals surface area contributed by atoms with Crippen LogP contribution in [0.5, 0.6) is 5.75 Å². The highest BCUT2D eigenvalue weighted by atomic mass is 16.5. The molecule has 108 valence electrons. The smallest absolute Gasteiger partial charge is 0.119 e. The van der Waals surface area contributed by atoms with Crippen molar-refractivity contribution in [2.45, 2.75) is 59.0 Å². The zero-order valence-electron chi connectivity index (χ0n) is 13.0. The molecule has 2 heteroatoms. The summed E-state index contributed by atoms with van der Waals surface area (Å²) in [6.45, 7) is 9.71. The monoisotopic (exact) mass is 264 g/mol. The van der Waals surface area contributed by atoms with E-state index >= 15 is 0 Å². The Morgan fingerprint density at radius 2 is 1.58 bits per heavy atom. The van der Waals surface area contributed by atoms with Gasteiger partial charge >= 0.3 is 0 Å². The van der Waals surface area contributed by atoms with Gasteiger partial charge in [0, 0.05) is 6.42 Å². The highest BCUT2D eigenvalue weighted by Gasteiger charge is 2.12. The molecule has 1 aromatic rings. The van der Waals surface area contributed by atoms with Gasteiger partial charge in [-0.1, -0.05) is 32.4 Å². The molecule has 0 aromatic heterocycles. The third-order valence-corrected chi connectivity index (χ3v) is 3.37. The van der Waals surface area contributed by atoms with Crippen LogP contribution in [0.4, 0.5) is 0 Å². The lowest BCUT2D eigenvalue weighted by molar-refractivity contribution is -0.369. The fourth-order valence-electron chi connectivity index (χ4n) is 2.35. The molecule has 0 unspecified atom stereocenters. The molecule has 0 aliphatic carbocycles. The van der Waals surface area contributed by atoms with Gasteiger partial charge in [0.15, 0.2) is 0 Å². The van der Waals surface area contributed by atoms with Crippen LogP contribution >= 0.6 is 0 Å². The molecule has 1 rings (SSSR count). The van der Waals surface area contributed by atoms with Crippen LogP contribution in [0.3, 0.4) is 0 Å². The van der Waals surface area contributed by atoms with Crippen molar-refractivity contribution in [1.29, 1.82) is 0 Å². The fourth-order valence-corrected chi connectivity index (χ4v) is 2.35. The average molecular weight is 264 g/mol. The van der Waals surface area contributed by atoms with E-state index in [-0.39, 0.29) is 6.10 Å². The van der Waals surface area contributed by atoms with Gasteiger partial charge in [0.1, 0.15) is 5.75 Å². The Morgan fingerprint density at radius 3 is 2.05 bits per heavy atom. The van der Waals surface area contributed by atoms with Crippen LogP contribution in [0, 0.1) is 5.92 Å². The Morgan fingerprint density at radius 1 is 0.947 bits per heavy atom. The Balaban J connectivity index is 2.67. The number of benzene rings is 1. The number of rotatable bonds is 8. The normalized spacial score (nSPS) is 13.0. The molecule has 0 amide bonds. The van der Waals surface area contributed by atoms with E-state index in [0.717, 1.165) is 18.2 Å². The predicted molar refractivity (Wildman–Crippen MR) is 81.4 cm³/mol. The predicted octanol–water partition coefficient (Wildman–Crippen LogP) is 3.63. The minimum atomic E-state index is 0.238. The van der Waals surface area contributed by atoms with E-state index in [4.69, 9.17) is 4.74 Å². The van der Waals surface area contributed by atoms with Gasteiger partial charge in [0.2, 0.25) is 0 Å². The number of hydrogen-bond acceptors (Lipinski definition) is 1. The molecule has 0 fully saturated rings. The van der Waals surface area contributed by atoms with Crippen molar-refractivity contribution in [1.82, 2.24) is 0 Å². The summed E-state index contributed by atoms with van der Waals surface area (Å²) in [4.78, 5) is 0. The summed E-state index contributed by atoms with van der Waals surface area (Å²) >= 11 is 0. The van der Waals surface area contributed by atoms with Gasteiger partial charge in [-0.2, -0.15) is 0 Å². The van der Waals surface area contributed by atoms with Gasteiger partial charge in [0.25, 0.3) is 0 Å². The van der Waals surface area contributed by atoms with Crippen molar-refractivity contribution < 1.29 is 10.5 Å². The first kappa shape index (κ1) is 16.0. The van der Waals surface area contributed by atoms with Gasteiger partial charge in [0.05, 0.1) is 12.6 Å². The molecular weight excluding hydrogens is 234 g/mol. The maximum absolute atomic E-state index is 5.69. The van der Waals surface area contributed by atoms with E-state index in [2.05, 4.69) is 57.7 Å². The Bertz CT molecular complexity index is 343. The summed E-state index contributed by atoms with van der Waals surface area (Å²) in [5.74, 6) is 2.39. The molecule has 0 bridgehead atoms. The van der Waals surface area contributed by atoms with E-state index in [9.17, 15) is 0 Å². The molecule has 0 saturated heterocycles. The Labute approximate surface area is 118 Å². The minimum Gasteiger partial charge on any atom is -0.491 e. The molecule has 0 saturated carbocycles. The zero-order valence-corrected chi connectivity index (χ0v) is 13.0. The van der Waals surface area contributed by atoms with Crippen molar-refractivity contribution >= 4 is 0 Å². The summed E-state index contributed by atoms with van der Waals surface area (Å²) < 4.78 is 5.69. The Hall–Kier alpha value is -1.02. The number of ether oxygens (including phenoxy) is 1. The minimum absolute atomic E-state index is 0.238. The molecule has 1 atom stereocenters. The summed E-state index contributed by atoms with van der Waals surface area (Å²) in [6, 6.07) is 8.64. The van der Waals surface area contributed by atoms with Crippen LogP contribution in [0.1, 0.15) is 58.4 Å². The lowest BCUT2D eigenvalue weighted by atomic mass is 9.89. The number of quaternary nitrogens is 1. The maximum atomic E-state index is 5.69. The summed E-state index contributed by atoms with van der Waals surface area (Å²) in [5, 5.41) is 0. The second-order valence-electron chi connectivity index (χ2n) is 6.05. The van der Waals surface area contributed by atoms with E-state index in [1.165, 1.54) is 24.8 Å². The van der Waals surface area contributed by atoms with Gasteiger partial charge in [-0.3, -0.25) is 0 Å². The third kappa shape index (κ3) is 6.11. The molecule has 2 nitrogen and oxygen atoms in total. The molecule has 0 aliphatic rings. The molecule has 3 N–H and O–H groups in total. The molecular formula is C17H30NO+. The maximum Gasteiger partial charge on any atom is 0.119 e. The van der Waals surface area contributed by atoms with E-state index < -0.39 is 0 Å². The van der Waals surface area contributed by atoms with Gasteiger partial charge in [-0.25, -0.2) is 0 Å². The van der Waals surface area contributed by atoms with Gasteiger partial charge in [-0.15, -0.1) is 0 Å². The van der Waals surface area contributed by atoms with Crippen LogP contribution in [0.25, 0.3) is 0 Å². The van der Waals surface area contributed by atoms with Crippen molar-refractivity contribution in [3.8, 4) is 5.75 Å². The zero-order chi connectivity index (χ0) is 14.3. The summed E-state index contributed by atoms with van der Waals surface area (Å²) in [7, 11) is 0. The average Bonchev–Trinajstić information content (AvgIpc) is 2.34. The molecule has 0 aliphatic heterocycles. The summed E-state index contributed by atoms with van der Waals surface area (Å²) in [5.41, 5.74) is 5.44. The standard InChI is InChI=1S/C17H29NO/c1-13(2)5-6-16(11-12-18)15-7-9-17(10-8-15)19-14(3)4/h7-10,13-14,16H,5-6,11-12,18H2,1-4H3/p+1/t16-/m1/s1. The van der Waals surface area contributed by atoms with Crippen LogP contribution in [-0.4, -0.2) is 12.6 Å². The van der Waals surface area contributed by atoms with Crippen molar-refractivity contribution in [2.75, 3.05) is 6.54 Å². The van der Waals surface area contributed by atoms with Crippen LogP contribution in [0.15, 0.2) is 24.3 Å².